The molecular formula is C27H24ClN3O3. The third-order valence-electron chi connectivity index (χ3n) is 5.74. The molecule has 34 heavy (non-hydrogen) atoms. The average Bonchev–Trinajstić information content (AvgIpc) is 2.99. The number of hydrogen-bond acceptors (Lipinski definition) is 4. The van der Waals surface area contributed by atoms with Gasteiger partial charge in [0.05, 0.1) is 5.69 Å². The molecule has 7 heteroatoms. The molecule has 172 valence electrons. The van der Waals surface area contributed by atoms with Gasteiger partial charge >= 0.3 is 0 Å². The molecule has 3 aromatic rings. The minimum Gasteiger partial charge on any atom is -0.350 e. The zero-order valence-corrected chi connectivity index (χ0v) is 20.1. The van der Waals surface area contributed by atoms with Crippen LogP contribution in [0, 0.1) is 27.7 Å². The fourth-order valence-electron chi connectivity index (χ4n) is 3.89. The zero-order valence-electron chi connectivity index (χ0n) is 19.3. The smallest absolute Gasteiger partial charge is 0.283 e. The number of imide groups is 1. The summed E-state index contributed by atoms with van der Waals surface area (Å²) in [5.74, 6) is -1.43. The Hall–Kier alpha value is -3.90. The monoisotopic (exact) mass is 473 g/mol. The van der Waals surface area contributed by atoms with E-state index >= 15 is 0 Å². The summed E-state index contributed by atoms with van der Waals surface area (Å²) in [6, 6.07) is 17.8. The van der Waals surface area contributed by atoms with Crippen molar-refractivity contribution in [3.05, 3.63) is 99.2 Å². The van der Waals surface area contributed by atoms with Crippen LogP contribution in [0.4, 0.5) is 17.1 Å². The quantitative estimate of drug-likeness (QED) is 0.472. The number of halogens is 1. The second-order valence-electron chi connectivity index (χ2n) is 8.39. The first-order chi connectivity index (χ1) is 16.2. The van der Waals surface area contributed by atoms with E-state index in [-0.39, 0.29) is 16.6 Å². The summed E-state index contributed by atoms with van der Waals surface area (Å²) >= 11 is 6.27. The molecule has 0 saturated heterocycles. The molecule has 0 saturated carbocycles. The van der Waals surface area contributed by atoms with E-state index in [4.69, 9.17) is 11.6 Å². The third-order valence-corrected chi connectivity index (χ3v) is 6.09. The molecule has 6 nitrogen and oxygen atoms in total. The number of amides is 3. The second kappa shape index (κ2) is 9.15. The number of carbonyl (C=O) groups is 3. The molecule has 0 spiro atoms. The van der Waals surface area contributed by atoms with Gasteiger partial charge < -0.3 is 10.6 Å². The lowest BCUT2D eigenvalue weighted by molar-refractivity contribution is -0.120. The molecule has 4 rings (SSSR count). The normalized spacial score (nSPS) is 13.5. The van der Waals surface area contributed by atoms with Crippen molar-refractivity contribution in [2.75, 3.05) is 15.5 Å². The van der Waals surface area contributed by atoms with Crippen LogP contribution in [0.5, 0.6) is 0 Å². The maximum absolute atomic E-state index is 13.1. The highest BCUT2D eigenvalue weighted by atomic mass is 35.5. The van der Waals surface area contributed by atoms with Crippen LogP contribution in [-0.4, -0.2) is 17.7 Å². The minimum atomic E-state index is -0.594. The Balaban J connectivity index is 1.56. The molecule has 1 aliphatic heterocycles. The first-order valence-corrected chi connectivity index (χ1v) is 11.1. The van der Waals surface area contributed by atoms with Crippen molar-refractivity contribution in [2.45, 2.75) is 27.7 Å². The summed E-state index contributed by atoms with van der Waals surface area (Å²) in [6.45, 7) is 7.71. The van der Waals surface area contributed by atoms with Crippen LogP contribution in [0.2, 0.25) is 0 Å². The van der Waals surface area contributed by atoms with Crippen LogP contribution < -0.4 is 15.5 Å². The number of rotatable bonds is 5. The molecule has 1 aliphatic rings. The lowest BCUT2D eigenvalue weighted by Crippen LogP contribution is -2.32. The molecule has 0 aromatic heterocycles. The standard InChI is InChI=1S/C27H24ClN3O3/c1-15-11-16(2)13-21(12-15)31-26(33)23(28)24(27(31)34)29-20-9-6-8-19(14-20)25(32)30-22-10-5-7-17(3)18(22)4/h5-14,29H,1-4H3,(H,30,32). The lowest BCUT2D eigenvalue weighted by atomic mass is 10.1. The molecule has 0 atom stereocenters. The van der Waals surface area contributed by atoms with Gasteiger partial charge in [0.1, 0.15) is 10.7 Å². The Morgan fingerprint density at radius 2 is 1.53 bits per heavy atom. The number of carbonyl (C=O) groups excluding carboxylic acids is 3. The highest BCUT2D eigenvalue weighted by Gasteiger charge is 2.39. The van der Waals surface area contributed by atoms with Gasteiger partial charge in [0.25, 0.3) is 17.7 Å². The Morgan fingerprint density at radius 1 is 0.853 bits per heavy atom. The van der Waals surface area contributed by atoms with Crippen LogP contribution >= 0.6 is 11.6 Å². The van der Waals surface area contributed by atoms with Crippen molar-refractivity contribution in [3.63, 3.8) is 0 Å². The van der Waals surface area contributed by atoms with Crippen LogP contribution in [0.25, 0.3) is 0 Å². The van der Waals surface area contributed by atoms with Gasteiger partial charge in [0, 0.05) is 16.9 Å². The summed E-state index contributed by atoms with van der Waals surface area (Å²) in [4.78, 5) is 39.8. The molecule has 3 amide bonds. The number of aryl methyl sites for hydroxylation is 3. The van der Waals surface area contributed by atoms with Gasteiger partial charge in [-0.05, 0) is 86.3 Å². The van der Waals surface area contributed by atoms with Gasteiger partial charge in [-0.25, -0.2) is 4.90 Å². The number of anilines is 3. The Morgan fingerprint density at radius 3 is 2.24 bits per heavy atom. The van der Waals surface area contributed by atoms with Crippen molar-refractivity contribution in [1.29, 1.82) is 0 Å². The Kier molecular flexibility index (Phi) is 6.26. The summed E-state index contributed by atoms with van der Waals surface area (Å²) in [7, 11) is 0. The Labute approximate surface area is 203 Å². The molecular weight excluding hydrogens is 450 g/mol. The SMILES string of the molecule is Cc1cc(C)cc(N2C(=O)C(Cl)=C(Nc3cccc(C(=O)Nc4cccc(C)c4C)c3)C2=O)c1. The summed E-state index contributed by atoms with van der Waals surface area (Å²) in [5, 5.41) is 5.65. The topological polar surface area (TPSA) is 78.5 Å². The Bertz CT molecular complexity index is 1360. The second-order valence-corrected chi connectivity index (χ2v) is 8.77. The van der Waals surface area contributed by atoms with E-state index in [0.29, 0.717) is 16.9 Å². The van der Waals surface area contributed by atoms with E-state index < -0.39 is 11.8 Å². The molecule has 0 fully saturated rings. The van der Waals surface area contributed by atoms with Gasteiger partial charge in [0.2, 0.25) is 0 Å². The minimum absolute atomic E-state index is 0.0297. The molecule has 0 radical (unpaired) electrons. The van der Waals surface area contributed by atoms with Crippen molar-refractivity contribution in [3.8, 4) is 0 Å². The van der Waals surface area contributed by atoms with Gasteiger partial charge in [-0.3, -0.25) is 14.4 Å². The predicted molar refractivity (Wildman–Crippen MR) is 135 cm³/mol. The van der Waals surface area contributed by atoms with Crippen molar-refractivity contribution < 1.29 is 14.4 Å². The van der Waals surface area contributed by atoms with Crippen molar-refractivity contribution in [2.24, 2.45) is 0 Å². The highest BCUT2D eigenvalue weighted by molar-refractivity contribution is 6.53. The van der Waals surface area contributed by atoms with E-state index in [1.54, 1.807) is 36.4 Å². The molecule has 0 bridgehead atoms. The number of nitrogens with zero attached hydrogens (tertiary/aromatic N) is 1. The van der Waals surface area contributed by atoms with Gasteiger partial charge in [-0.1, -0.05) is 35.9 Å². The maximum atomic E-state index is 13.1. The highest BCUT2D eigenvalue weighted by Crippen LogP contribution is 2.31. The fourth-order valence-corrected chi connectivity index (χ4v) is 4.10. The van der Waals surface area contributed by atoms with E-state index in [9.17, 15) is 14.4 Å². The van der Waals surface area contributed by atoms with Crippen LogP contribution in [-0.2, 0) is 9.59 Å². The van der Waals surface area contributed by atoms with E-state index in [0.717, 1.165) is 32.8 Å². The molecule has 3 aromatic carbocycles. The maximum Gasteiger partial charge on any atom is 0.283 e. The van der Waals surface area contributed by atoms with Crippen LogP contribution in [0.1, 0.15) is 32.6 Å². The summed E-state index contributed by atoms with van der Waals surface area (Å²) < 4.78 is 0. The number of benzene rings is 3. The first kappa shape index (κ1) is 23.3. The van der Waals surface area contributed by atoms with E-state index in [1.807, 2.05) is 52.0 Å². The average molecular weight is 474 g/mol. The summed E-state index contributed by atoms with van der Waals surface area (Å²) in [6.07, 6.45) is 0. The fraction of sp³-hybridized carbons (Fsp3) is 0.148. The largest absolute Gasteiger partial charge is 0.350 e. The van der Waals surface area contributed by atoms with Crippen LogP contribution in [0.3, 0.4) is 0 Å². The number of hydrogen-bond donors (Lipinski definition) is 2. The number of nitrogens with one attached hydrogen (secondary N) is 2. The molecule has 1 heterocycles. The van der Waals surface area contributed by atoms with Gasteiger partial charge in [0.15, 0.2) is 0 Å². The molecule has 2 N–H and O–H groups in total. The molecule has 0 aliphatic carbocycles. The lowest BCUT2D eigenvalue weighted by Gasteiger charge is -2.16. The van der Waals surface area contributed by atoms with Gasteiger partial charge in [-0.2, -0.15) is 0 Å². The van der Waals surface area contributed by atoms with E-state index in [2.05, 4.69) is 10.6 Å². The van der Waals surface area contributed by atoms with E-state index in [1.165, 1.54) is 0 Å². The molecule has 0 unspecified atom stereocenters. The van der Waals surface area contributed by atoms with Crippen LogP contribution in [0.15, 0.2) is 71.4 Å². The predicted octanol–water partition coefficient (Wildman–Crippen LogP) is 5.61. The third kappa shape index (κ3) is 4.45. The van der Waals surface area contributed by atoms with Crippen molar-refractivity contribution >= 4 is 46.4 Å². The van der Waals surface area contributed by atoms with Gasteiger partial charge in [-0.15, -0.1) is 0 Å². The first-order valence-electron chi connectivity index (χ1n) is 10.8. The van der Waals surface area contributed by atoms with Crippen molar-refractivity contribution in [1.82, 2.24) is 0 Å². The summed E-state index contributed by atoms with van der Waals surface area (Å²) in [5.41, 5.74) is 5.94. The zero-order chi connectivity index (χ0) is 24.6.